The van der Waals surface area contributed by atoms with Crippen LogP contribution in [-0.2, 0) is 9.53 Å². The van der Waals surface area contributed by atoms with E-state index in [4.69, 9.17) is 18.9 Å². The molecule has 2 heterocycles. The van der Waals surface area contributed by atoms with E-state index in [9.17, 15) is 4.79 Å². The Morgan fingerprint density at radius 3 is 2.41 bits per heavy atom. The number of nitrogens with zero attached hydrogens (tertiary/aromatic N) is 4. The number of anilines is 1. The molecule has 10 heteroatoms. The van der Waals surface area contributed by atoms with Crippen LogP contribution in [0.2, 0.25) is 0 Å². The Morgan fingerprint density at radius 1 is 1.19 bits per heavy atom. The number of rotatable bonds is 6. The van der Waals surface area contributed by atoms with E-state index in [0.717, 1.165) is 0 Å². The lowest BCUT2D eigenvalue weighted by Crippen LogP contribution is -2.29. The van der Waals surface area contributed by atoms with Gasteiger partial charge in [0.1, 0.15) is 6.04 Å². The highest BCUT2D eigenvalue weighted by Gasteiger charge is 2.36. The number of allylic oxidation sites excluding steroid dienone is 1. The zero-order chi connectivity index (χ0) is 19.6. The number of hydrogen-bond donors (Lipinski definition) is 1. The van der Waals surface area contributed by atoms with Crippen LogP contribution in [0.5, 0.6) is 17.2 Å². The average Bonchev–Trinajstić information content (AvgIpc) is 3.13. The smallest absolute Gasteiger partial charge is 0.338 e. The van der Waals surface area contributed by atoms with Crippen LogP contribution < -0.4 is 19.5 Å². The van der Waals surface area contributed by atoms with E-state index in [-0.39, 0.29) is 6.61 Å². The lowest BCUT2D eigenvalue weighted by Gasteiger charge is -2.28. The number of hydrogen-bond acceptors (Lipinski definition) is 9. The third-order valence-corrected chi connectivity index (χ3v) is 4.21. The number of tetrazole rings is 1. The standard InChI is InChI=1S/C17H21N5O5/c1-6-27-16(23)13-9(2)18-17-19-20-21-22(17)14(13)10-7-11(24-3)15(26-5)12(8-10)25-4/h7-8,14H,6H2,1-5H3,(H,18,19,21). The summed E-state index contributed by atoms with van der Waals surface area (Å²) >= 11 is 0. The van der Waals surface area contributed by atoms with E-state index < -0.39 is 12.0 Å². The normalized spacial score (nSPS) is 15.7. The van der Waals surface area contributed by atoms with Crippen molar-refractivity contribution in [1.29, 1.82) is 0 Å². The van der Waals surface area contributed by atoms with E-state index >= 15 is 0 Å². The summed E-state index contributed by atoms with van der Waals surface area (Å²) in [6, 6.07) is 2.90. The van der Waals surface area contributed by atoms with Gasteiger partial charge in [-0.2, -0.15) is 4.68 Å². The highest BCUT2D eigenvalue weighted by Crippen LogP contribution is 2.43. The third-order valence-electron chi connectivity index (χ3n) is 4.21. The molecule has 0 saturated heterocycles. The maximum Gasteiger partial charge on any atom is 0.338 e. The lowest BCUT2D eigenvalue weighted by molar-refractivity contribution is -0.139. The zero-order valence-electron chi connectivity index (χ0n) is 15.8. The van der Waals surface area contributed by atoms with Crippen LogP contribution in [0.15, 0.2) is 23.4 Å². The van der Waals surface area contributed by atoms with E-state index in [1.54, 1.807) is 26.0 Å². The second-order valence-electron chi connectivity index (χ2n) is 5.69. The number of aromatic nitrogens is 4. The van der Waals surface area contributed by atoms with Gasteiger partial charge in [0, 0.05) is 5.70 Å². The van der Waals surface area contributed by atoms with Crippen LogP contribution >= 0.6 is 0 Å². The molecule has 10 nitrogen and oxygen atoms in total. The van der Waals surface area contributed by atoms with Crippen molar-refractivity contribution in [2.45, 2.75) is 19.9 Å². The minimum atomic E-state index is -0.621. The third kappa shape index (κ3) is 3.14. The summed E-state index contributed by atoms with van der Waals surface area (Å²) in [5.41, 5.74) is 1.68. The van der Waals surface area contributed by atoms with Crippen LogP contribution in [0.3, 0.4) is 0 Å². The largest absolute Gasteiger partial charge is 0.493 e. The SMILES string of the molecule is CCOC(=O)C1=C(C)Nc2nnnn2C1c1cc(OC)c(OC)c(OC)c1. The van der Waals surface area contributed by atoms with Gasteiger partial charge in [0.05, 0.1) is 33.5 Å². The van der Waals surface area contributed by atoms with Crippen LogP contribution in [0, 0.1) is 0 Å². The minimum Gasteiger partial charge on any atom is -0.493 e. The van der Waals surface area contributed by atoms with Gasteiger partial charge in [0.25, 0.3) is 0 Å². The summed E-state index contributed by atoms with van der Waals surface area (Å²) in [6.07, 6.45) is 0. The highest BCUT2D eigenvalue weighted by atomic mass is 16.5. The first-order valence-corrected chi connectivity index (χ1v) is 8.28. The lowest BCUT2D eigenvalue weighted by atomic mass is 9.95. The summed E-state index contributed by atoms with van der Waals surface area (Å²) in [5, 5.41) is 14.7. The van der Waals surface area contributed by atoms with E-state index in [2.05, 4.69) is 20.8 Å². The summed E-state index contributed by atoms with van der Waals surface area (Å²) in [5.74, 6) is 1.33. The summed E-state index contributed by atoms with van der Waals surface area (Å²) < 4.78 is 23.0. The Balaban J connectivity index is 2.22. The van der Waals surface area contributed by atoms with Crippen molar-refractivity contribution in [3.63, 3.8) is 0 Å². The molecule has 0 spiro atoms. The summed E-state index contributed by atoms with van der Waals surface area (Å²) in [7, 11) is 4.58. The molecule has 0 fully saturated rings. The van der Waals surface area contributed by atoms with Gasteiger partial charge in [0.2, 0.25) is 11.7 Å². The molecule has 2 aromatic rings. The summed E-state index contributed by atoms with van der Waals surface area (Å²) in [4.78, 5) is 12.7. The summed E-state index contributed by atoms with van der Waals surface area (Å²) in [6.45, 7) is 3.77. The maximum atomic E-state index is 12.7. The monoisotopic (exact) mass is 375 g/mol. The Labute approximate surface area is 156 Å². The zero-order valence-corrected chi connectivity index (χ0v) is 15.8. The van der Waals surface area contributed by atoms with E-state index in [1.807, 2.05) is 0 Å². The number of nitrogens with one attached hydrogen (secondary N) is 1. The number of carbonyl (C=O) groups is 1. The molecule has 1 N–H and O–H groups in total. The number of methoxy groups -OCH3 is 3. The first-order valence-electron chi connectivity index (χ1n) is 8.28. The van der Waals surface area contributed by atoms with Gasteiger partial charge in [0.15, 0.2) is 11.5 Å². The van der Waals surface area contributed by atoms with Gasteiger partial charge in [-0.15, -0.1) is 0 Å². The second kappa shape index (κ2) is 7.52. The number of ether oxygens (including phenoxy) is 4. The second-order valence-corrected chi connectivity index (χ2v) is 5.69. The topological polar surface area (TPSA) is 110 Å². The predicted molar refractivity (Wildman–Crippen MR) is 95.0 cm³/mol. The molecule has 27 heavy (non-hydrogen) atoms. The molecule has 3 rings (SSSR count). The average molecular weight is 375 g/mol. The number of benzene rings is 1. The van der Waals surface area contributed by atoms with Gasteiger partial charge in [-0.1, -0.05) is 5.10 Å². The van der Waals surface area contributed by atoms with Gasteiger partial charge < -0.3 is 24.3 Å². The molecule has 0 radical (unpaired) electrons. The highest BCUT2D eigenvalue weighted by molar-refractivity contribution is 5.92. The maximum absolute atomic E-state index is 12.7. The van der Waals surface area contributed by atoms with Crippen LogP contribution in [-0.4, -0.2) is 54.1 Å². The predicted octanol–water partition coefficient (Wildman–Crippen LogP) is 1.55. The van der Waals surface area contributed by atoms with Crippen molar-refractivity contribution in [1.82, 2.24) is 20.2 Å². The first-order chi connectivity index (χ1) is 13.0. The molecule has 0 amide bonds. The molecule has 1 unspecified atom stereocenters. The molecule has 1 aromatic heterocycles. The molecular formula is C17H21N5O5. The molecule has 1 aliphatic rings. The van der Waals surface area contributed by atoms with Crippen molar-refractivity contribution < 1.29 is 23.7 Å². The Morgan fingerprint density at radius 2 is 1.85 bits per heavy atom. The van der Waals surface area contributed by atoms with Gasteiger partial charge in [-0.05, 0) is 42.0 Å². The van der Waals surface area contributed by atoms with Gasteiger partial charge >= 0.3 is 5.97 Å². The van der Waals surface area contributed by atoms with E-state index in [1.165, 1.54) is 26.0 Å². The van der Waals surface area contributed by atoms with Crippen molar-refractivity contribution >= 4 is 11.9 Å². The number of carbonyl (C=O) groups excluding carboxylic acids is 1. The van der Waals surface area contributed by atoms with Gasteiger partial charge in [-0.3, -0.25) is 0 Å². The first kappa shape index (κ1) is 18.5. The van der Waals surface area contributed by atoms with Crippen molar-refractivity contribution in [2.75, 3.05) is 33.3 Å². The quantitative estimate of drug-likeness (QED) is 0.752. The van der Waals surface area contributed by atoms with Crippen LogP contribution in [0.1, 0.15) is 25.5 Å². The molecule has 1 aliphatic heterocycles. The van der Waals surface area contributed by atoms with Crippen LogP contribution in [0.4, 0.5) is 5.95 Å². The molecule has 0 bridgehead atoms. The number of esters is 1. The van der Waals surface area contributed by atoms with E-state index in [0.29, 0.717) is 40.0 Å². The molecule has 1 atom stereocenters. The van der Waals surface area contributed by atoms with Crippen molar-refractivity contribution in [2.24, 2.45) is 0 Å². The fourth-order valence-corrected chi connectivity index (χ4v) is 3.05. The van der Waals surface area contributed by atoms with Crippen LogP contribution in [0.25, 0.3) is 0 Å². The molecule has 0 saturated carbocycles. The Kier molecular flexibility index (Phi) is 5.15. The molecule has 144 valence electrons. The fraction of sp³-hybridized carbons (Fsp3) is 0.412. The molecular weight excluding hydrogens is 354 g/mol. The van der Waals surface area contributed by atoms with Gasteiger partial charge in [-0.25, -0.2) is 4.79 Å². The Hall–Kier alpha value is -3.30. The molecule has 0 aliphatic carbocycles. The minimum absolute atomic E-state index is 0.250. The van der Waals surface area contributed by atoms with Crippen molar-refractivity contribution in [3.8, 4) is 17.2 Å². The molecule has 1 aromatic carbocycles. The number of fused-ring (bicyclic) bond motifs is 1. The fourth-order valence-electron chi connectivity index (χ4n) is 3.05. The van der Waals surface area contributed by atoms with Crippen molar-refractivity contribution in [3.05, 3.63) is 29.0 Å². The Bertz CT molecular complexity index is 867.